The molecule has 6 nitrogen and oxygen atoms in total. The number of aryl methyl sites for hydroxylation is 1. The van der Waals surface area contributed by atoms with Gasteiger partial charge in [0.15, 0.2) is 5.43 Å². The number of hydrogen-bond donors (Lipinski definition) is 3. The SMILES string of the molecule is Cc1cc(=O)c(C(=O)NC2(C(=O)O)CCCCCC2)c[nH]1. The van der Waals surface area contributed by atoms with Gasteiger partial charge in [-0.3, -0.25) is 9.59 Å². The predicted molar refractivity (Wildman–Crippen MR) is 77.3 cm³/mol. The molecule has 2 rings (SSSR count). The lowest BCUT2D eigenvalue weighted by Gasteiger charge is -2.29. The second-order valence-corrected chi connectivity index (χ2v) is 5.65. The van der Waals surface area contributed by atoms with Gasteiger partial charge in [0.2, 0.25) is 0 Å². The number of amides is 1. The summed E-state index contributed by atoms with van der Waals surface area (Å²) in [5.74, 6) is -1.65. The number of pyridine rings is 1. The molecule has 1 heterocycles. The third-order valence-corrected chi connectivity index (χ3v) is 4.02. The van der Waals surface area contributed by atoms with Gasteiger partial charge in [0, 0.05) is 18.0 Å². The summed E-state index contributed by atoms with van der Waals surface area (Å²) in [6.45, 7) is 1.72. The monoisotopic (exact) mass is 292 g/mol. The van der Waals surface area contributed by atoms with Crippen LogP contribution in [0.3, 0.4) is 0 Å². The van der Waals surface area contributed by atoms with Crippen LogP contribution in [-0.4, -0.2) is 27.5 Å². The van der Waals surface area contributed by atoms with Crippen LogP contribution in [0.15, 0.2) is 17.1 Å². The zero-order chi connectivity index (χ0) is 15.5. The van der Waals surface area contributed by atoms with Crippen molar-refractivity contribution in [1.29, 1.82) is 0 Å². The van der Waals surface area contributed by atoms with Crippen molar-refractivity contribution in [3.8, 4) is 0 Å². The van der Waals surface area contributed by atoms with Gasteiger partial charge < -0.3 is 15.4 Å². The number of hydrogen-bond acceptors (Lipinski definition) is 3. The van der Waals surface area contributed by atoms with E-state index in [1.807, 2.05) is 0 Å². The number of H-pyrrole nitrogens is 1. The van der Waals surface area contributed by atoms with Crippen LogP contribution in [0, 0.1) is 6.92 Å². The molecule has 0 spiro atoms. The van der Waals surface area contributed by atoms with Gasteiger partial charge >= 0.3 is 5.97 Å². The third kappa shape index (κ3) is 3.32. The number of rotatable bonds is 3. The Morgan fingerprint density at radius 3 is 2.38 bits per heavy atom. The molecule has 1 amide bonds. The minimum Gasteiger partial charge on any atom is -0.480 e. The molecule has 114 valence electrons. The molecule has 21 heavy (non-hydrogen) atoms. The Labute approximate surface area is 122 Å². The molecule has 0 aromatic carbocycles. The van der Waals surface area contributed by atoms with E-state index in [0.29, 0.717) is 18.5 Å². The average molecular weight is 292 g/mol. The number of aliphatic carboxylic acids is 1. The summed E-state index contributed by atoms with van der Waals surface area (Å²) in [5, 5.41) is 12.1. The smallest absolute Gasteiger partial charge is 0.329 e. The van der Waals surface area contributed by atoms with Crippen molar-refractivity contribution in [2.24, 2.45) is 0 Å². The summed E-state index contributed by atoms with van der Waals surface area (Å²) in [6.07, 6.45) is 5.59. The van der Waals surface area contributed by atoms with E-state index in [9.17, 15) is 19.5 Å². The van der Waals surface area contributed by atoms with Gasteiger partial charge in [0.25, 0.3) is 5.91 Å². The van der Waals surface area contributed by atoms with Crippen LogP contribution < -0.4 is 10.7 Å². The molecule has 1 saturated carbocycles. The fourth-order valence-corrected chi connectivity index (χ4v) is 2.76. The molecule has 0 unspecified atom stereocenters. The lowest BCUT2D eigenvalue weighted by atomic mass is 9.90. The Balaban J connectivity index is 2.26. The van der Waals surface area contributed by atoms with E-state index in [1.54, 1.807) is 6.92 Å². The van der Waals surface area contributed by atoms with Crippen LogP contribution in [0.5, 0.6) is 0 Å². The van der Waals surface area contributed by atoms with Crippen LogP contribution in [-0.2, 0) is 4.79 Å². The van der Waals surface area contributed by atoms with E-state index in [4.69, 9.17) is 0 Å². The summed E-state index contributed by atoms with van der Waals surface area (Å²) in [5.41, 5.74) is -1.06. The van der Waals surface area contributed by atoms with Gasteiger partial charge in [-0.05, 0) is 19.8 Å². The van der Waals surface area contributed by atoms with Crippen LogP contribution in [0.25, 0.3) is 0 Å². The molecule has 0 saturated heterocycles. The first-order valence-electron chi connectivity index (χ1n) is 7.20. The highest BCUT2D eigenvalue weighted by Crippen LogP contribution is 2.27. The molecule has 0 radical (unpaired) electrons. The molecule has 0 atom stereocenters. The topological polar surface area (TPSA) is 99.3 Å². The largest absolute Gasteiger partial charge is 0.480 e. The van der Waals surface area contributed by atoms with Crippen molar-refractivity contribution >= 4 is 11.9 Å². The fourth-order valence-electron chi connectivity index (χ4n) is 2.76. The molecular formula is C15H20N2O4. The van der Waals surface area contributed by atoms with Crippen molar-refractivity contribution in [2.75, 3.05) is 0 Å². The maximum absolute atomic E-state index is 12.3. The first-order valence-corrected chi connectivity index (χ1v) is 7.20. The van der Waals surface area contributed by atoms with E-state index in [1.165, 1.54) is 12.3 Å². The van der Waals surface area contributed by atoms with Crippen LogP contribution in [0.4, 0.5) is 0 Å². The van der Waals surface area contributed by atoms with Crippen LogP contribution >= 0.6 is 0 Å². The van der Waals surface area contributed by atoms with Gasteiger partial charge in [0.05, 0.1) is 0 Å². The molecule has 6 heteroatoms. The number of aromatic amines is 1. The van der Waals surface area contributed by atoms with Crippen LogP contribution in [0.2, 0.25) is 0 Å². The third-order valence-electron chi connectivity index (χ3n) is 4.02. The number of carbonyl (C=O) groups is 2. The Kier molecular flexibility index (Phi) is 4.45. The standard InChI is InChI=1S/C15H20N2O4/c1-10-8-12(18)11(9-16-10)13(19)17-15(14(20)21)6-4-2-3-5-7-15/h8-9H,2-7H2,1H3,(H,16,18)(H,17,19)(H,20,21). The first-order chi connectivity index (χ1) is 9.94. The zero-order valence-corrected chi connectivity index (χ0v) is 12.1. The fraction of sp³-hybridized carbons (Fsp3) is 0.533. The summed E-state index contributed by atoms with van der Waals surface area (Å²) >= 11 is 0. The molecule has 1 aromatic heterocycles. The number of carbonyl (C=O) groups excluding carboxylic acids is 1. The molecule has 1 aliphatic carbocycles. The maximum atomic E-state index is 12.3. The van der Waals surface area contributed by atoms with Gasteiger partial charge in [-0.25, -0.2) is 4.79 Å². The van der Waals surface area contributed by atoms with Gasteiger partial charge in [-0.1, -0.05) is 25.7 Å². The summed E-state index contributed by atoms with van der Waals surface area (Å²) in [6, 6.07) is 1.33. The molecule has 3 N–H and O–H groups in total. The Morgan fingerprint density at radius 1 is 1.24 bits per heavy atom. The van der Waals surface area contributed by atoms with Crippen molar-refractivity contribution < 1.29 is 14.7 Å². The van der Waals surface area contributed by atoms with Gasteiger partial charge in [-0.2, -0.15) is 0 Å². The highest BCUT2D eigenvalue weighted by atomic mass is 16.4. The van der Waals surface area contributed by atoms with Gasteiger partial charge in [0.1, 0.15) is 11.1 Å². The number of carboxylic acid groups (broad SMARTS) is 1. The van der Waals surface area contributed by atoms with Crippen molar-refractivity contribution in [1.82, 2.24) is 10.3 Å². The molecule has 0 aliphatic heterocycles. The zero-order valence-electron chi connectivity index (χ0n) is 12.1. The lowest BCUT2D eigenvalue weighted by molar-refractivity contribution is -0.145. The molecule has 1 aromatic rings. The van der Waals surface area contributed by atoms with Gasteiger partial charge in [-0.15, -0.1) is 0 Å². The highest BCUT2D eigenvalue weighted by Gasteiger charge is 2.40. The second kappa shape index (κ2) is 6.11. The lowest BCUT2D eigenvalue weighted by Crippen LogP contribution is -2.54. The van der Waals surface area contributed by atoms with E-state index in [0.717, 1.165) is 25.7 Å². The summed E-state index contributed by atoms with van der Waals surface area (Å²) in [4.78, 5) is 38.5. The van der Waals surface area contributed by atoms with E-state index in [-0.39, 0.29) is 5.56 Å². The molecular weight excluding hydrogens is 272 g/mol. The maximum Gasteiger partial charge on any atom is 0.329 e. The Morgan fingerprint density at radius 2 is 1.86 bits per heavy atom. The Hall–Kier alpha value is -2.11. The average Bonchev–Trinajstić information content (AvgIpc) is 2.65. The first kappa shape index (κ1) is 15.3. The summed E-state index contributed by atoms with van der Waals surface area (Å²) in [7, 11) is 0. The van der Waals surface area contributed by atoms with Crippen molar-refractivity contribution in [2.45, 2.75) is 51.0 Å². The molecule has 0 bridgehead atoms. The Bertz CT molecular complexity index is 598. The van der Waals surface area contributed by atoms with E-state index in [2.05, 4.69) is 10.3 Å². The number of nitrogens with one attached hydrogen (secondary N) is 2. The second-order valence-electron chi connectivity index (χ2n) is 5.65. The highest BCUT2D eigenvalue weighted by molar-refractivity contribution is 5.97. The minimum absolute atomic E-state index is 0.0505. The minimum atomic E-state index is -1.26. The molecule has 1 fully saturated rings. The van der Waals surface area contributed by atoms with Crippen molar-refractivity contribution in [3.63, 3.8) is 0 Å². The number of carboxylic acids is 1. The van der Waals surface area contributed by atoms with E-state index >= 15 is 0 Å². The van der Waals surface area contributed by atoms with Crippen molar-refractivity contribution in [3.05, 3.63) is 33.7 Å². The molecule has 1 aliphatic rings. The normalized spacial score (nSPS) is 17.8. The summed E-state index contributed by atoms with van der Waals surface area (Å²) < 4.78 is 0. The quantitative estimate of drug-likeness (QED) is 0.737. The predicted octanol–water partition coefficient (Wildman–Crippen LogP) is 1.59. The van der Waals surface area contributed by atoms with Crippen LogP contribution in [0.1, 0.15) is 54.6 Å². The van der Waals surface area contributed by atoms with E-state index < -0.39 is 22.8 Å². The number of aromatic nitrogens is 1.